The van der Waals surface area contributed by atoms with Gasteiger partial charge in [0.1, 0.15) is 11.5 Å². The molecule has 0 aliphatic rings. The molecule has 0 aromatic heterocycles. The van der Waals surface area contributed by atoms with Gasteiger partial charge in [-0.3, -0.25) is 4.79 Å². The fraction of sp³-hybridized carbons (Fsp3) is 0.133. The van der Waals surface area contributed by atoms with Crippen LogP contribution in [0.3, 0.4) is 0 Å². The van der Waals surface area contributed by atoms with Gasteiger partial charge >= 0.3 is 0 Å². The van der Waals surface area contributed by atoms with Crippen molar-refractivity contribution in [1.29, 1.82) is 0 Å². The second-order valence-corrected chi connectivity index (χ2v) is 4.70. The predicted molar refractivity (Wildman–Crippen MR) is 83.4 cm³/mol. The fourth-order valence-electron chi connectivity index (χ4n) is 1.79. The standard InChI is InChI=1S/C15H15ClN2O3/c1-20-11-6-10(7-12(8-11)21-2)18-15(19)13-5-9(17)3-4-14(13)16/h3-8H,17H2,1-2H3,(H,18,19). The maximum Gasteiger partial charge on any atom is 0.257 e. The van der Waals surface area contributed by atoms with Crippen molar-refractivity contribution >= 4 is 28.9 Å². The molecule has 5 nitrogen and oxygen atoms in total. The van der Waals surface area contributed by atoms with Gasteiger partial charge in [-0.1, -0.05) is 11.6 Å². The van der Waals surface area contributed by atoms with E-state index < -0.39 is 0 Å². The SMILES string of the molecule is COc1cc(NC(=O)c2cc(N)ccc2Cl)cc(OC)c1. The van der Waals surface area contributed by atoms with Gasteiger partial charge in [-0.2, -0.15) is 0 Å². The molecule has 6 heteroatoms. The van der Waals surface area contributed by atoms with E-state index >= 15 is 0 Å². The van der Waals surface area contributed by atoms with Crippen molar-refractivity contribution in [2.75, 3.05) is 25.3 Å². The number of nitrogens with one attached hydrogen (secondary N) is 1. The molecule has 0 fully saturated rings. The van der Waals surface area contributed by atoms with Crippen molar-refractivity contribution in [3.8, 4) is 11.5 Å². The lowest BCUT2D eigenvalue weighted by Gasteiger charge is -2.11. The van der Waals surface area contributed by atoms with Crippen molar-refractivity contribution < 1.29 is 14.3 Å². The van der Waals surface area contributed by atoms with Crippen molar-refractivity contribution in [3.63, 3.8) is 0 Å². The lowest BCUT2D eigenvalue weighted by atomic mass is 10.2. The highest BCUT2D eigenvalue weighted by Crippen LogP contribution is 2.27. The van der Waals surface area contributed by atoms with Crippen molar-refractivity contribution in [2.45, 2.75) is 0 Å². The number of hydrogen-bond acceptors (Lipinski definition) is 4. The summed E-state index contributed by atoms with van der Waals surface area (Å²) in [5.74, 6) is 0.786. The third-order valence-corrected chi connectivity index (χ3v) is 3.17. The molecule has 3 N–H and O–H groups in total. The fourth-order valence-corrected chi connectivity index (χ4v) is 2.00. The molecule has 0 saturated heterocycles. The van der Waals surface area contributed by atoms with Crippen molar-refractivity contribution in [1.82, 2.24) is 0 Å². The molecule has 110 valence electrons. The maximum absolute atomic E-state index is 12.3. The number of carbonyl (C=O) groups is 1. The molecule has 0 saturated carbocycles. The summed E-state index contributed by atoms with van der Waals surface area (Å²) in [5, 5.41) is 3.07. The molecule has 0 bridgehead atoms. The van der Waals surface area contributed by atoms with Crippen LogP contribution in [0.25, 0.3) is 0 Å². The third kappa shape index (κ3) is 3.58. The summed E-state index contributed by atoms with van der Waals surface area (Å²) < 4.78 is 10.3. The van der Waals surface area contributed by atoms with E-state index in [0.717, 1.165) is 0 Å². The molecule has 21 heavy (non-hydrogen) atoms. The highest BCUT2D eigenvalue weighted by Gasteiger charge is 2.12. The number of anilines is 2. The minimum absolute atomic E-state index is 0.304. The molecule has 2 aromatic carbocycles. The molecule has 0 unspecified atom stereocenters. The van der Waals surface area contributed by atoms with E-state index in [9.17, 15) is 4.79 Å². The number of rotatable bonds is 4. The monoisotopic (exact) mass is 306 g/mol. The summed E-state index contributed by atoms with van der Waals surface area (Å²) in [6.45, 7) is 0. The smallest absolute Gasteiger partial charge is 0.257 e. The maximum atomic E-state index is 12.3. The van der Waals surface area contributed by atoms with Crippen LogP contribution in [-0.2, 0) is 0 Å². The molecule has 0 heterocycles. The lowest BCUT2D eigenvalue weighted by Crippen LogP contribution is -2.13. The van der Waals surface area contributed by atoms with Gasteiger partial charge in [0.05, 0.1) is 24.8 Å². The Hall–Kier alpha value is -2.40. The summed E-state index contributed by atoms with van der Waals surface area (Å²) >= 11 is 6.01. The van der Waals surface area contributed by atoms with Crippen molar-refractivity contribution in [2.24, 2.45) is 0 Å². The molecule has 2 rings (SSSR count). The highest BCUT2D eigenvalue weighted by atomic mass is 35.5. The van der Waals surface area contributed by atoms with Crippen LogP contribution >= 0.6 is 11.6 Å². The second-order valence-electron chi connectivity index (χ2n) is 4.29. The number of halogens is 1. The van der Waals surface area contributed by atoms with Gasteiger partial charge in [0.2, 0.25) is 0 Å². The summed E-state index contributed by atoms with van der Waals surface area (Å²) in [5.41, 5.74) is 6.98. The highest BCUT2D eigenvalue weighted by molar-refractivity contribution is 6.34. The first-order valence-corrected chi connectivity index (χ1v) is 6.50. The first-order chi connectivity index (χ1) is 10.0. The molecular weight excluding hydrogens is 292 g/mol. The summed E-state index contributed by atoms with van der Waals surface area (Å²) in [6, 6.07) is 9.81. The number of carbonyl (C=O) groups excluding carboxylic acids is 1. The summed E-state index contributed by atoms with van der Waals surface area (Å²) in [7, 11) is 3.07. The number of amides is 1. The molecule has 0 radical (unpaired) electrons. The van der Waals surface area contributed by atoms with Crippen LogP contribution in [0.15, 0.2) is 36.4 Å². The lowest BCUT2D eigenvalue weighted by molar-refractivity contribution is 0.102. The zero-order chi connectivity index (χ0) is 15.4. The number of benzene rings is 2. The Bertz CT molecular complexity index is 652. The van der Waals surface area contributed by atoms with Gasteiger partial charge in [-0.05, 0) is 18.2 Å². The van der Waals surface area contributed by atoms with E-state index in [2.05, 4.69) is 5.32 Å². The number of hydrogen-bond donors (Lipinski definition) is 2. The number of ether oxygens (including phenoxy) is 2. The molecule has 0 aliphatic carbocycles. The zero-order valence-electron chi connectivity index (χ0n) is 11.6. The first kappa shape index (κ1) is 15.0. The number of nitrogens with two attached hydrogens (primary N) is 1. The van der Waals surface area contributed by atoms with E-state index in [1.807, 2.05) is 0 Å². The van der Waals surface area contributed by atoms with Crippen LogP contribution in [0.2, 0.25) is 5.02 Å². The number of nitrogen functional groups attached to an aromatic ring is 1. The average molecular weight is 307 g/mol. The second kappa shape index (κ2) is 6.37. The van der Waals surface area contributed by atoms with E-state index in [0.29, 0.717) is 33.5 Å². The Kier molecular flexibility index (Phi) is 4.55. The summed E-state index contributed by atoms with van der Waals surface area (Å²) in [6.07, 6.45) is 0. The van der Waals surface area contributed by atoms with E-state index in [1.54, 1.807) is 30.3 Å². The van der Waals surface area contributed by atoms with Crippen molar-refractivity contribution in [3.05, 3.63) is 47.0 Å². The van der Waals surface area contributed by atoms with Gasteiger partial charge in [-0.25, -0.2) is 0 Å². The molecule has 1 amide bonds. The Morgan fingerprint density at radius 1 is 1.10 bits per heavy atom. The first-order valence-electron chi connectivity index (χ1n) is 6.13. The quantitative estimate of drug-likeness (QED) is 0.851. The molecule has 0 aliphatic heterocycles. The van der Waals surface area contributed by atoms with Crippen LogP contribution in [0.1, 0.15) is 10.4 Å². The number of methoxy groups -OCH3 is 2. The van der Waals surface area contributed by atoms with E-state index in [1.165, 1.54) is 20.3 Å². The van der Waals surface area contributed by atoms with Gasteiger partial charge < -0.3 is 20.5 Å². The Morgan fingerprint density at radius 2 is 1.71 bits per heavy atom. The van der Waals surface area contributed by atoms with E-state index in [-0.39, 0.29) is 5.91 Å². The van der Waals surface area contributed by atoms with Gasteiger partial charge in [0.15, 0.2) is 0 Å². The minimum atomic E-state index is -0.359. The largest absolute Gasteiger partial charge is 0.497 e. The van der Waals surface area contributed by atoms with Crippen LogP contribution in [-0.4, -0.2) is 20.1 Å². The normalized spacial score (nSPS) is 10.0. The van der Waals surface area contributed by atoms with Crippen LogP contribution in [0.4, 0.5) is 11.4 Å². The predicted octanol–water partition coefficient (Wildman–Crippen LogP) is 3.19. The average Bonchev–Trinajstić information content (AvgIpc) is 2.49. The summed E-state index contributed by atoms with van der Waals surface area (Å²) in [4.78, 5) is 12.3. The molecular formula is C15H15ClN2O3. The van der Waals surface area contributed by atoms with Gasteiger partial charge in [-0.15, -0.1) is 0 Å². The molecule has 2 aromatic rings. The third-order valence-electron chi connectivity index (χ3n) is 2.84. The van der Waals surface area contributed by atoms with E-state index in [4.69, 9.17) is 26.8 Å². The Morgan fingerprint density at radius 3 is 2.29 bits per heavy atom. The molecule has 0 atom stereocenters. The Labute approximate surface area is 127 Å². The van der Waals surface area contributed by atoms with Gasteiger partial charge in [0.25, 0.3) is 5.91 Å². The Balaban J connectivity index is 2.28. The van der Waals surface area contributed by atoms with Crippen LogP contribution in [0.5, 0.6) is 11.5 Å². The van der Waals surface area contributed by atoms with Crippen LogP contribution in [0, 0.1) is 0 Å². The zero-order valence-corrected chi connectivity index (χ0v) is 12.4. The van der Waals surface area contributed by atoms with Gasteiger partial charge in [0, 0.05) is 29.6 Å². The minimum Gasteiger partial charge on any atom is -0.497 e. The van der Waals surface area contributed by atoms with Crippen LogP contribution < -0.4 is 20.5 Å². The topological polar surface area (TPSA) is 73.6 Å². The molecule has 0 spiro atoms.